The molecule has 2 unspecified atom stereocenters. The van der Waals surface area contributed by atoms with Gasteiger partial charge in [0.15, 0.2) is 0 Å². The third kappa shape index (κ3) is 2.29. The standard InChI is InChI=1S/C15H26N2O/c16-13-7-5-12(6-8-13)15(18)17-10-9-11-3-1-2-4-14(11)17/h11-14H,1-10,16H2. The predicted molar refractivity (Wildman–Crippen MR) is 72.0 cm³/mol. The Kier molecular flexibility index (Phi) is 3.60. The minimum absolute atomic E-state index is 0.283. The summed E-state index contributed by atoms with van der Waals surface area (Å²) in [7, 11) is 0. The van der Waals surface area contributed by atoms with E-state index >= 15 is 0 Å². The Balaban J connectivity index is 1.62. The van der Waals surface area contributed by atoms with Gasteiger partial charge in [0.05, 0.1) is 0 Å². The Morgan fingerprint density at radius 1 is 0.944 bits per heavy atom. The van der Waals surface area contributed by atoms with Gasteiger partial charge in [-0.25, -0.2) is 0 Å². The van der Waals surface area contributed by atoms with Crippen LogP contribution in [0.15, 0.2) is 0 Å². The van der Waals surface area contributed by atoms with Crippen LogP contribution in [0.3, 0.4) is 0 Å². The van der Waals surface area contributed by atoms with Crippen molar-refractivity contribution in [2.75, 3.05) is 6.54 Å². The second-order valence-corrected chi connectivity index (χ2v) is 6.54. The first-order valence-corrected chi connectivity index (χ1v) is 7.82. The zero-order chi connectivity index (χ0) is 12.5. The van der Waals surface area contributed by atoms with E-state index < -0.39 is 0 Å². The highest BCUT2D eigenvalue weighted by atomic mass is 16.2. The number of fused-ring (bicyclic) bond motifs is 1. The molecule has 1 saturated heterocycles. The van der Waals surface area contributed by atoms with Crippen LogP contribution in [0.4, 0.5) is 0 Å². The molecule has 0 aromatic carbocycles. The third-order valence-corrected chi connectivity index (χ3v) is 5.41. The molecule has 3 fully saturated rings. The number of nitrogens with two attached hydrogens (primary N) is 1. The Morgan fingerprint density at radius 2 is 1.67 bits per heavy atom. The summed E-state index contributed by atoms with van der Waals surface area (Å²) in [5.74, 6) is 1.55. The number of likely N-dealkylation sites (tertiary alicyclic amines) is 1. The molecule has 18 heavy (non-hydrogen) atoms. The zero-order valence-electron chi connectivity index (χ0n) is 11.3. The maximum absolute atomic E-state index is 12.6. The number of nitrogens with zero attached hydrogens (tertiary/aromatic N) is 1. The molecule has 0 spiro atoms. The molecule has 2 atom stereocenters. The van der Waals surface area contributed by atoms with E-state index in [1.807, 2.05) is 0 Å². The quantitative estimate of drug-likeness (QED) is 0.776. The summed E-state index contributed by atoms with van der Waals surface area (Å²) in [6, 6.07) is 0.928. The highest BCUT2D eigenvalue weighted by Gasteiger charge is 2.40. The van der Waals surface area contributed by atoms with Gasteiger partial charge in [-0.2, -0.15) is 0 Å². The van der Waals surface area contributed by atoms with E-state index in [0.29, 0.717) is 18.0 Å². The van der Waals surface area contributed by atoms with E-state index in [2.05, 4.69) is 4.90 Å². The van der Waals surface area contributed by atoms with Crippen molar-refractivity contribution in [2.45, 2.75) is 69.9 Å². The molecule has 2 saturated carbocycles. The average Bonchev–Trinajstić information content (AvgIpc) is 2.82. The van der Waals surface area contributed by atoms with Crippen molar-refractivity contribution < 1.29 is 4.79 Å². The van der Waals surface area contributed by atoms with Crippen LogP contribution in [0.5, 0.6) is 0 Å². The summed E-state index contributed by atoms with van der Waals surface area (Å²) >= 11 is 0. The molecule has 3 nitrogen and oxygen atoms in total. The first-order valence-electron chi connectivity index (χ1n) is 7.82. The number of rotatable bonds is 1. The Hall–Kier alpha value is -0.570. The van der Waals surface area contributed by atoms with Crippen LogP contribution in [-0.4, -0.2) is 29.4 Å². The minimum atomic E-state index is 0.283. The molecular formula is C15H26N2O. The molecule has 0 aromatic heterocycles. The van der Waals surface area contributed by atoms with Gasteiger partial charge in [-0.15, -0.1) is 0 Å². The van der Waals surface area contributed by atoms with Gasteiger partial charge in [-0.1, -0.05) is 12.8 Å². The van der Waals surface area contributed by atoms with Crippen molar-refractivity contribution in [2.24, 2.45) is 17.6 Å². The fraction of sp³-hybridized carbons (Fsp3) is 0.933. The lowest BCUT2D eigenvalue weighted by Gasteiger charge is -2.35. The number of hydrogen-bond donors (Lipinski definition) is 1. The molecule has 0 aromatic rings. The molecule has 1 heterocycles. The molecule has 102 valence electrons. The SMILES string of the molecule is NC1CCC(C(=O)N2CCC3CCCCC32)CC1. The summed E-state index contributed by atoms with van der Waals surface area (Å²) in [6.07, 6.45) is 10.7. The molecule has 3 aliphatic rings. The second-order valence-electron chi connectivity index (χ2n) is 6.54. The van der Waals surface area contributed by atoms with Gasteiger partial charge in [0.25, 0.3) is 0 Å². The molecule has 1 aliphatic heterocycles. The van der Waals surface area contributed by atoms with Crippen LogP contribution >= 0.6 is 0 Å². The van der Waals surface area contributed by atoms with Gasteiger partial charge in [-0.3, -0.25) is 4.79 Å². The monoisotopic (exact) mass is 250 g/mol. The maximum Gasteiger partial charge on any atom is 0.225 e. The van der Waals surface area contributed by atoms with Crippen molar-refractivity contribution in [3.63, 3.8) is 0 Å². The normalized spacial score (nSPS) is 40.6. The highest BCUT2D eigenvalue weighted by molar-refractivity contribution is 5.79. The van der Waals surface area contributed by atoms with E-state index in [0.717, 1.165) is 38.1 Å². The van der Waals surface area contributed by atoms with Crippen molar-refractivity contribution in [3.8, 4) is 0 Å². The Bertz CT molecular complexity index is 310. The molecular weight excluding hydrogens is 224 g/mol. The van der Waals surface area contributed by atoms with Crippen LogP contribution in [0, 0.1) is 11.8 Å². The first-order chi connectivity index (χ1) is 8.75. The fourth-order valence-electron chi connectivity index (χ4n) is 4.28. The number of carbonyl (C=O) groups excluding carboxylic acids is 1. The predicted octanol–water partition coefficient (Wildman–Crippen LogP) is 2.29. The van der Waals surface area contributed by atoms with Crippen molar-refractivity contribution >= 4 is 5.91 Å². The summed E-state index contributed by atoms with van der Waals surface area (Å²) < 4.78 is 0. The molecule has 0 radical (unpaired) electrons. The summed E-state index contributed by atoms with van der Waals surface area (Å²) in [5.41, 5.74) is 5.93. The van der Waals surface area contributed by atoms with Crippen molar-refractivity contribution in [1.29, 1.82) is 0 Å². The van der Waals surface area contributed by atoms with E-state index in [1.54, 1.807) is 0 Å². The van der Waals surface area contributed by atoms with Crippen LogP contribution in [0.25, 0.3) is 0 Å². The fourth-order valence-corrected chi connectivity index (χ4v) is 4.28. The Morgan fingerprint density at radius 3 is 2.44 bits per heavy atom. The molecule has 3 rings (SSSR count). The number of carbonyl (C=O) groups is 1. The van der Waals surface area contributed by atoms with Crippen LogP contribution < -0.4 is 5.73 Å². The summed E-state index contributed by atoms with van der Waals surface area (Å²) in [6.45, 7) is 1.02. The topological polar surface area (TPSA) is 46.3 Å². The van der Waals surface area contributed by atoms with E-state index in [-0.39, 0.29) is 5.92 Å². The number of amides is 1. The van der Waals surface area contributed by atoms with Gasteiger partial charge in [0, 0.05) is 24.5 Å². The smallest absolute Gasteiger partial charge is 0.225 e. The minimum Gasteiger partial charge on any atom is -0.339 e. The van der Waals surface area contributed by atoms with Crippen LogP contribution in [0.1, 0.15) is 57.8 Å². The van der Waals surface area contributed by atoms with Gasteiger partial charge in [-0.05, 0) is 50.9 Å². The molecule has 3 heteroatoms. The molecule has 2 N–H and O–H groups in total. The van der Waals surface area contributed by atoms with Gasteiger partial charge < -0.3 is 10.6 Å². The number of hydrogen-bond acceptors (Lipinski definition) is 2. The largest absolute Gasteiger partial charge is 0.339 e. The molecule has 0 bridgehead atoms. The van der Waals surface area contributed by atoms with Gasteiger partial charge >= 0.3 is 0 Å². The van der Waals surface area contributed by atoms with Crippen molar-refractivity contribution in [1.82, 2.24) is 4.90 Å². The van der Waals surface area contributed by atoms with Crippen molar-refractivity contribution in [3.05, 3.63) is 0 Å². The second kappa shape index (κ2) is 5.20. The van der Waals surface area contributed by atoms with E-state index in [9.17, 15) is 4.79 Å². The van der Waals surface area contributed by atoms with Gasteiger partial charge in [0.2, 0.25) is 5.91 Å². The molecule has 2 aliphatic carbocycles. The maximum atomic E-state index is 12.6. The highest BCUT2D eigenvalue weighted by Crippen LogP contribution is 2.38. The Labute approximate surface area is 110 Å². The lowest BCUT2D eigenvalue weighted by molar-refractivity contribution is -0.138. The van der Waals surface area contributed by atoms with E-state index in [1.165, 1.54) is 32.1 Å². The summed E-state index contributed by atoms with van der Waals surface area (Å²) in [4.78, 5) is 14.9. The zero-order valence-corrected chi connectivity index (χ0v) is 11.3. The van der Waals surface area contributed by atoms with Gasteiger partial charge in [0.1, 0.15) is 0 Å². The van der Waals surface area contributed by atoms with E-state index in [4.69, 9.17) is 5.73 Å². The lowest BCUT2D eigenvalue weighted by atomic mass is 9.83. The summed E-state index contributed by atoms with van der Waals surface area (Å²) in [5, 5.41) is 0. The first kappa shape index (κ1) is 12.5. The average molecular weight is 250 g/mol. The van der Waals surface area contributed by atoms with Crippen LogP contribution in [-0.2, 0) is 4.79 Å². The third-order valence-electron chi connectivity index (χ3n) is 5.41. The molecule has 1 amide bonds. The van der Waals surface area contributed by atoms with Crippen LogP contribution in [0.2, 0.25) is 0 Å². The lowest BCUT2D eigenvalue weighted by Crippen LogP contribution is -2.44.